The number of benzene rings is 2. The third-order valence-electron chi connectivity index (χ3n) is 2.74. The van der Waals surface area contributed by atoms with Gasteiger partial charge < -0.3 is 4.74 Å². The van der Waals surface area contributed by atoms with E-state index in [1.807, 2.05) is 0 Å². The summed E-state index contributed by atoms with van der Waals surface area (Å²) >= 11 is 0. The van der Waals surface area contributed by atoms with E-state index in [-0.39, 0.29) is 17.9 Å². The highest BCUT2D eigenvalue weighted by molar-refractivity contribution is 5.34. The molecule has 0 unspecified atom stereocenters. The minimum Gasteiger partial charge on any atom is -0.489 e. The molecule has 0 spiro atoms. The van der Waals surface area contributed by atoms with Crippen molar-refractivity contribution >= 4 is 0 Å². The zero-order valence-electron chi connectivity index (χ0n) is 10.6. The van der Waals surface area contributed by atoms with Gasteiger partial charge >= 0.3 is 6.18 Å². The summed E-state index contributed by atoms with van der Waals surface area (Å²) in [5.74, 6) is -0.374. The minimum atomic E-state index is -4.39. The molecule has 6 heteroatoms. The van der Waals surface area contributed by atoms with Crippen LogP contribution in [0.15, 0.2) is 42.5 Å². The molecule has 0 amide bonds. The number of hydrogen-bond acceptors (Lipinski definition) is 2. The van der Waals surface area contributed by atoms with E-state index in [1.165, 1.54) is 24.3 Å². The average molecular weight is 295 g/mol. The van der Waals surface area contributed by atoms with Crippen LogP contribution < -0.4 is 4.74 Å². The topological polar surface area (TPSA) is 33.0 Å². The van der Waals surface area contributed by atoms with E-state index in [0.29, 0.717) is 5.56 Å². The fourth-order valence-electron chi connectivity index (χ4n) is 1.65. The molecular weight excluding hydrogens is 286 g/mol. The molecule has 0 fully saturated rings. The van der Waals surface area contributed by atoms with Gasteiger partial charge in [-0.15, -0.1) is 0 Å². The van der Waals surface area contributed by atoms with Gasteiger partial charge in [-0.1, -0.05) is 6.07 Å². The molecule has 0 saturated heterocycles. The predicted molar refractivity (Wildman–Crippen MR) is 66.9 cm³/mol. The van der Waals surface area contributed by atoms with Gasteiger partial charge in [0.2, 0.25) is 0 Å². The Labute approximate surface area is 118 Å². The third kappa shape index (κ3) is 3.72. The molecule has 0 radical (unpaired) electrons. The quantitative estimate of drug-likeness (QED) is 0.791. The van der Waals surface area contributed by atoms with Crippen molar-refractivity contribution in [3.8, 4) is 11.8 Å². The molecule has 0 bridgehead atoms. The summed E-state index contributed by atoms with van der Waals surface area (Å²) in [5.41, 5.74) is -0.320. The van der Waals surface area contributed by atoms with Crippen LogP contribution in [0.1, 0.15) is 16.7 Å². The Morgan fingerprint density at radius 1 is 1.05 bits per heavy atom. The van der Waals surface area contributed by atoms with Crippen LogP contribution in [-0.2, 0) is 12.8 Å². The lowest BCUT2D eigenvalue weighted by atomic mass is 10.1. The lowest BCUT2D eigenvalue weighted by Gasteiger charge is -2.09. The second-order valence-electron chi connectivity index (χ2n) is 4.24. The van der Waals surface area contributed by atoms with E-state index in [1.54, 1.807) is 6.07 Å². The molecule has 0 aromatic heterocycles. The minimum absolute atomic E-state index is 0.0281. The van der Waals surface area contributed by atoms with Gasteiger partial charge in [-0.25, -0.2) is 4.39 Å². The van der Waals surface area contributed by atoms with Gasteiger partial charge in [0, 0.05) is 0 Å². The standard InChI is InChI=1S/C15H9F4NO/c16-14-6-1-10(7-11(14)8-20)9-21-13-4-2-12(3-5-13)15(17,18)19/h1-7H,9H2. The first-order chi connectivity index (χ1) is 9.90. The summed E-state index contributed by atoms with van der Waals surface area (Å²) in [6, 6.07) is 9.87. The van der Waals surface area contributed by atoms with Gasteiger partial charge in [-0.3, -0.25) is 0 Å². The summed E-state index contributed by atoms with van der Waals surface area (Å²) in [5, 5.41) is 8.70. The highest BCUT2D eigenvalue weighted by atomic mass is 19.4. The summed E-state index contributed by atoms with van der Waals surface area (Å²) in [7, 11) is 0. The molecule has 0 aliphatic heterocycles. The largest absolute Gasteiger partial charge is 0.489 e. The first-order valence-corrected chi connectivity index (χ1v) is 5.89. The van der Waals surface area contributed by atoms with Gasteiger partial charge in [0.1, 0.15) is 24.2 Å². The van der Waals surface area contributed by atoms with Gasteiger partial charge in [-0.05, 0) is 42.0 Å². The number of ether oxygens (including phenoxy) is 1. The van der Waals surface area contributed by atoms with E-state index in [4.69, 9.17) is 10.00 Å². The van der Waals surface area contributed by atoms with Crippen molar-refractivity contribution in [1.29, 1.82) is 5.26 Å². The smallest absolute Gasteiger partial charge is 0.416 e. The molecular formula is C15H9F4NO. The van der Waals surface area contributed by atoms with Gasteiger partial charge in [0.25, 0.3) is 0 Å². The van der Waals surface area contributed by atoms with Crippen molar-refractivity contribution in [2.45, 2.75) is 12.8 Å². The van der Waals surface area contributed by atoms with Crippen molar-refractivity contribution in [1.82, 2.24) is 0 Å². The summed E-state index contributed by atoms with van der Waals surface area (Å²) in [6.07, 6.45) is -4.39. The first-order valence-electron chi connectivity index (χ1n) is 5.89. The number of rotatable bonds is 3. The summed E-state index contributed by atoms with van der Waals surface area (Å²) in [6.45, 7) is 0.0281. The van der Waals surface area contributed by atoms with Crippen molar-refractivity contribution in [3.63, 3.8) is 0 Å². The van der Waals surface area contributed by atoms with Gasteiger partial charge in [0.15, 0.2) is 0 Å². The van der Waals surface area contributed by atoms with E-state index in [2.05, 4.69) is 0 Å². The molecule has 2 nitrogen and oxygen atoms in total. The van der Waals surface area contributed by atoms with Crippen LogP contribution in [0, 0.1) is 17.1 Å². The van der Waals surface area contributed by atoms with E-state index < -0.39 is 17.6 Å². The maximum Gasteiger partial charge on any atom is 0.416 e. The summed E-state index contributed by atoms with van der Waals surface area (Å²) < 4.78 is 55.6. The Morgan fingerprint density at radius 2 is 1.71 bits per heavy atom. The molecule has 2 aromatic rings. The lowest BCUT2D eigenvalue weighted by Crippen LogP contribution is -2.04. The number of nitriles is 1. The fourth-order valence-corrected chi connectivity index (χ4v) is 1.65. The van der Waals surface area contributed by atoms with E-state index >= 15 is 0 Å². The molecule has 108 valence electrons. The van der Waals surface area contributed by atoms with Crippen LogP contribution in [0.3, 0.4) is 0 Å². The highest BCUT2D eigenvalue weighted by Gasteiger charge is 2.29. The molecule has 21 heavy (non-hydrogen) atoms. The van der Waals surface area contributed by atoms with Crippen LogP contribution in [0.4, 0.5) is 17.6 Å². The molecule has 0 heterocycles. The number of alkyl halides is 3. The highest BCUT2D eigenvalue weighted by Crippen LogP contribution is 2.30. The van der Waals surface area contributed by atoms with Crippen molar-refractivity contribution in [3.05, 3.63) is 65.0 Å². The van der Waals surface area contributed by atoms with Crippen LogP contribution in [-0.4, -0.2) is 0 Å². The van der Waals surface area contributed by atoms with Crippen LogP contribution in [0.25, 0.3) is 0 Å². The normalized spacial score (nSPS) is 11.0. The second kappa shape index (κ2) is 5.83. The molecule has 2 aromatic carbocycles. The summed E-state index contributed by atoms with van der Waals surface area (Å²) in [4.78, 5) is 0. The van der Waals surface area contributed by atoms with Crippen molar-refractivity contribution in [2.24, 2.45) is 0 Å². The number of nitrogens with zero attached hydrogens (tertiary/aromatic N) is 1. The van der Waals surface area contributed by atoms with Crippen molar-refractivity contribution in [2.75, 3.05) is 0 Å². The Balaban J connectivity index is 2.05. The molecule has 2 rings (SSSR count). The molecule has 0 aliphatic carbocycles. The zero-order chi connectivity index (χ0) is 15.5. The van der Waals surface area contributed by atoms with E-state index in [0.717, 1.165) is 18.2 Å². The first kappa shape index (κ1) is 14.9. The zero-order valence-corrected chi connectivity index (χ0v) is 10.6. The molecule has 0 saturated carbocycles. The predicted octanol–water partition coefficient (Wildman–Crippen LogP) is 4.30. The van der Waals surface area contributed by atoms with E-state index in [9.17, 15) is 17.6 Å². The molecule has 0 aliphatic rings. The second-order valence-corrected chi connectivity index (χ2v) is 4.24. The SMILES string of the molecule is N#Cc1cc(COc2ccc(C(F)(F)F)cc2)ccc1F. The number of halogens is 4. The van der Waals surface area contributed by atoms with Gasteiger partial charge in [0.05, 0.1) is 11.1 Å². The fraction of sp³-hybridized carbons (Fsp3) is 0.133. The Morgan fingerprint density at radius 3 is 2.29 bits per heavy atom. The third-order valence-corrected chi connectivity index (χ3v) is 2.74. The Kier molecular flexibility index (Phi) is 4.13. The van der Waals surface area contributed by atoms with Crippen LogP contribution in [0.5, 0.6) is 5.75 Å². The molecule has 0 atom stereocenters. The molecule has 0 N–H and O–H groups in total. The maximum absolute atomic E-state index is 13.1. The average Bonchev–Trinajstić information content (AvgIpc) is 2.46. The van der Waals surface area contributed by atoms with Gasteiger partial charge in [-0.2, -0.15) is 18.4 Å². The van der Waals surface area contributed by atoms with Crippen LogP contribution >= 0.6 is 0 Å². The Bertz CT molecular complexity index is 672. The van der Waals surface area contributed by atoms with Crippen molar-refractivity contribution < 1.29 is 22.3 Å². The lowest BCUT2D eigenvalue weighted by molar-refractivity contribution is -0.137. The maximum atomic E-state index is 13.1. The Hall–Kier alpha value is -2.55. The van der Waals surface area contributed by atoms with Crippen LogP contribution in [0.2, 0.25) is 0 Å². The monoisotopic (exact) mass is 295 g/mol. The number of hydrogen-bond donors (Lipinski definition) is 0.